The minimum atomic E-state index is -1.55. The number of esters is 1. The van der Waals surface area contributed by atoms with Gasteiger partial charge < -0.3 is 14.5 Å². The Labute approximate surface area is 171 Å². The SMILES string of the molecule is CCOC(=O)C1=CN(c2ccc(F)cc2F)C2N=C(N3CCC(=O)C3)C(F)C=C2C1. The number of benzene rings is 1. The van der Waals surface area contributed by atoms with Crippen LogP contribution in [-0.2, 0) is 14.3 Å². The zero-order valence-corrected chi connectivity index (χ0v) is 16.3. The lowest BCUT2D eigenvalue weighted by atomic mass is 9.94. The second-order valence-electron chi connectivity index (χ2n) is 7.27. The predicted molar refractivity (Wildman–Crippen MR) is 104 cm³/mol. The highest BCUT2D eigenvalue weighted by molar-refractivity contribution is 5.96. The van der Waals surface area contributed by atoms with Crippen molar-refractivity contribution in [1.82, 2.24) is 4.90 Å². The van der Waals surface area contributed by atoms with E-state index in [4.69, 9.17) is 4.74 Å². The van der Waals surface area contributed by atoms with Gasteiger partial charge in [0.25, 0.3) is 0 Å². The van der Waals surface area contributed by atoms with Crippen LogP contribution in [0.2, 0.25) is 0 Å². The van der Waals surface area contributed by atoms with Crippen molar-refractivity contribution in [2.24, 2.45) is 4.99 Å². The molecule has 0 saturated carbocycles. The summed E-state index contributed by atoms with van der Waals surface area (Å²) in [5.41, 5.74) is 0.669. The number of Topliss-reactive ketones (excluding diaryl/α,β-unsaturated/α-hetero) is 1. The van der Waals surface area contributed by atoms with E-state index in [1.165, 1.54) is 23.2 Å². The molecule has 6 nitrogen and oxygen atoms in total. The van der Waals surface area contributed by atoms with Crippen LogP contribution in [0.25, 0.3) is 0 Å². The second kappa shape index (κ2) is 7.97. The van der Waals surface area contributed by atoms with Crippen molar-refractivity contribution >= 4 is 23.3 Å². The van der Waals surface area contributed by atoms with Crippen LogP contribution in [0.3, 0.4) is 0 Å². The number of carbonyl (C=O) groups is 2. The van der Waals surface area contributed by atoms with E-state index in [1.54, 1.807) is 11.8 Å². The number of ether oxygens (including phenoxy) is 1. The fourth-order valence-corrected chi connectivity index (χ4v) is 3.85. The number of nitrogens with zero attached hydrogens (tertiary/aromatic N) is 3. The summed E-state index contributed by atoms with van der Waals surface area (Å²) >= 11 is 0. The number of likely N-dealkylation sites (tertiary alicyclic amines) is 1. The van der Waals surface area contributed by atoms with Gasteiger partial charge in [0.05, 0.1) is 24.4 Å². The van der Waals surface area contributed by atoms with Gasteiger partial charge in [-0.25, -0.2) is 23.0 Å². The monoisotopic (exact) mass is 419 g/mol. The molecule has 158 valence electrons. The third-order valence-corrected chi connectivity index (χ3v) is 5.22. The van der Waals surface area contributed by atoms with Gasteiger partial charge >= 0.3 is 5.97 Å². The molecule has 0 spiro atoms. The number of ketones is 1. The summed E-state index contributed by atoms with van der Waals surface area (Å²) in [6, 6.07) is 3.07. The fourth-order valence-electron chi connectivity index (χ4n) is 3.85. The average molecular weight is 419 g/mol. The average Bonchev–Trinajstić information content (AvgIpc) is 3.13. The summed E-state index contributed by atoms with van der Waals surface area (Å²) in [5.74, 6) is -2.10. The fraction of sp³-hybridized carbons (Fsp3) is 0.381. The van der Waals surface area contributed by atoms with Gasteiger partial charge in [0.1, 0.15) is 23.6 Å². The maximum atomic E-state index is 14.9. The molecule has 0 N–H and O–H groups in total. The number of carbonyl (C=O) groups excluding carboxylic acids is 2. The van der Waals surface area contributed by atoms with E-state index in [1.807, 2.05) is 0 Å². The number of dihydropyridines is 1. The van der Waals surface area contributed by atoms with Gasteiger partial charge in [0, 0.05) is 31.7 Å². The molecule has 0 amide bonds. The van der Waals surface area contributed by atoms with Crippen molar-refractivity contribution in [2.75, 3.05) is 24.6 Å². The quantitative estimate of drug-likeness (QED) is 0.557. The Hall–Kier alpha value is -3.10. The summed E-state index contributed by atoms with van der Waals surface area (Å²) in [6.45, 7) is 2.25. The van der Waals surface area contributed by atoms with Crippen molar-refractivity contribution in [1.29, 1.82) is 0 Å². The summed E-state index contributed by atoms with van der Waals surface area (Å²) in [7, 11) is 0. The molecule has 1 fully saturated rings. The standard InChI is InChI=1S/C21H20F3N3O3/c1-2-30-21(29)13-7-12-8-17(24)20(26-6-5-15(28)11-26)25-19(12)27(10-13)18-4-3-14(22)9-16(18)23/h3-4,8-10,17,19H,2,5-7,11H2,1H3. The third kappa shape index (κ3) is 3.71. The number of halogens is 3. The van der Waals surface area contributed by atoms with Gasteiger partial charge in [-0.2, -0.15) is 0 Å². The first-order chi connectivity index (χ1) is 14.4. The molecule has 1 aromatic rings. The van der Waals surface area contributed by atoms with Gasteiger partial charge in [0.15, 0.2) is 12.0 Å². The number of alkyl halides is 1. The van der Waals surface area contributed by atoms with E-state index in [2.05, 4.69) is 4.99 Å². The number of hydrogen-bond acceptors (Lipinski definition) is 6. The van der Waals surface area contributed by atoms with Gasteiger partial charge in [-0.05, 0) is 30.7 Å². The third-order valence-electron chi connectivity index (χ3n) is 5.22. The molecule has 1 saturated heterocycles. The highest BCUT2D eigenvalue weighted by Gasteiger charge is 2.38. The molecule has 1 aromatic carbocycles. The zero-order chi connectivity index (χ0) is 21.4. The Bertz CT molecular complexity index is 989. The smallest absolute Gasteiger partial charge is 0.335 e. The van der Waals surface area contributed by atoms with E-state index in [9.17, 15) is 22.8 Å². The van der Waals surface area contributed by atoms with Gasteiger partial charge in [0.2, 0.25) is 0 Å². The summed E-state index contributed by atoms with van der Waals surface area (Å²) < 4.78 is 47.9. The van der Waals surface area contributed by atoms with Crippen LogP contribution in [0.4, 0.5) is 18.9 Å². The molecule has 9 heteroatoms. The topological polar surface area (TPSA) is 62.2 Å². The van der Waals surface area contributed by atoms with Crippen molar-refractivity contribution in [3.05, 3.63) is 53.3 Å². The lowest BCUT2D eigenvalue weighted by molar-refractivity contribution is -0.138. The summed E-state index contributed by atoms with van der Waals surface area (Å²) in [6.07, 6.45) is 0.793. The minimum absolute atomic E-state index is 0.00533. The maximum Gasteiger partial charge on any atom is 0.335 e. The lowest BCUT2D eigenvalue weighted by Gasteiger charge is -2.38. The van der Waals surface area contributed by atoms with Crippen molar-refractivity contribution in [3.63, 3.8) is 0 Å². The number of fused-ring (bicyclic) bond motifs is 1. The van der Waals surface area contributed by atoms with Gasteiger partial charge in [-0.15, -0.1) is 0 Å². The number of anilines is 1. The van der Waals surface area contributed by atoms with Crippen LogP contribution in [-0.4, -0.2) is 54.5 Å². The first kappa shape index (κ1) is 20.2. The maximum absolute atomic E-state index is 14.9. The first-order valence-corrected chi connectivity index (χ1v) is 9.67. The van der Waals surface area contributed by atoms with Crippen LogP contribution in [0, 0.1) is 11.6 Å². The Morgan fingerprint density at radius 2 is 2.13 bits per heavy atom. The molecule has 30 heavy (non-hydrogen) atoms. The van der Waals surface area contributed by atoms with E-state index in [0.717, 1.165) is 12.1 Å². The number of hydrogen-bond donors (Lipinski definition) is 0. The zero-order valence-electron chi connectivity index (χ0n) is 16.3. The first-order valence-electron chi connectivity index (χ1n) is 9.67. The predicted octanol–water partition coefficient (Wildman–Crippen LogP) is 2.90. The van der Waals surface area contributed by atoms with E-state index in [0.29, 0.717) is 18.5 Å². The van der Waals surface area contributed by atoms with Crippen LogP contribution in [0.5, 0.6) is 0 Å². The van der Waals surface area contributed by atoms with Crippen LogP contribution in [0.15, 0.2) is 46.6 Å². The Kier molecular flexibility index (Phi) is 5.36. The number of aliphatic imine (C=N–C) groups is 1. The Morgan fingerprint density at radius 3 is 2.80 bits per heavy atom. The number of amidine groups is 1. The van der Waals surface area contributed by atoms with Gasteiger partial charge in [-0.3, -0.25) is 4.79 Å². The Morgan fingerprint density at radius 1 is 1.33 bits per heavy atom. The molecule has 0 radical (unpaired) electrons. The molecular weight excluding hydrogens is 399 g/mol. The normalized spacial score (nSPS) is 23.6. The molecule has 3 aliphatic rings. The molecule has 2 atom stereocenters. The lowest BCUT2D eigenvalue weighted by Crippen LogP contribution is -2.45. The van der Waals surface area contributed by atoms with Crippen molar-refractivity contribution < 1.29 is 27.5 Å². The minimum Gasteiger partial charge on any atom is -0.463 e. The van der Waals surface area contributed by atoms with Crippen molar-refractivity contribution in [3.8, 4) is 0 Å². The molecule has 4 rings (SSSR count). The number of rotatable bonds is 3. The highest BCUT2D eigenvalue weighted by atomic mass is 19.1. The molecule has 3 heterocycles. The molecule has 3 aliphatic heterocycles. The van der Waals surface area contributed by atoms with Gasteiger partial charge in [-0.1, -0.05) is 0 Å². The van der Waals surface area contributed by atoms with E-state index >= 15 is 0 Å². The van der Waals surface area contributed by atoms with E-state index in [-0.39, 0.29) is 42.5 Å². The summed E-state index contributed by atoms with van der Waals surface area (Å²) in [5, 5.41) is 0. The molecule has 0 aliphatic carbocycles. The highest BCUT2D eigenvalue weighted by Crippen LogP contribution is 2.36. The Balaban J connectivity index is 1.77. The molecule has 2 unspecified atom stereocenters. The van der Waals surface area contributed by atoms with Crippen LogP contribution < -0.4 is 4.90 Å². The largest absolute Gasteiger partial charge is 0.463 e. The van der Waals surface area contributed by atoms with E-state index < -0.39 is 29.9 Å². The second-order valence-corrected chi connectivity index (χ2v) is 7.27. The van der Waals surface area contributed by atoms with Crippen LogP contribution >= 0.6 is 0 Å². The van der Waals surface area contributed by atoms with Crippen LogP contribution in [0.1, 0.15) is 19.8 Å². The van der Waals surface area contributed by atoms with Crippen molar-refractivity contribution in [2.45, 2.75) is 32.1 Å². The molecule has 0 aromatic heterocycles. The molecular formula is C21H20F3N3O3. The molecule has 0 bridgehead atoms. The summed E-state index contributed by atoms with van der Waals surface area (Å²) in [4.78, 5) is 31.4.